The molecule has 0 spiro atoms. The molecule has 0 aliphatic carbocycles. The van der Waals surface area contributed by atoms with E-state index in [1.54, 1.807) is 24.3 Å². The fourth-order valence-electron chi connectivity index (χ4n) is 2.93. The number of amides is 2. The number of nitrogens with one attached hydrogen (secondary N) is 2. The number of hydrogen-bond donors (Lipinski definition) is 4. The van der Waals surface area contributed by atoms with Crippen LogP contribution in [0.25, 0.3) is 10.9 Å². The number of hydrogen-bond acceptors (Lipinski definition) is 6. The van der Waals surface area contributed by atoms with Gasteiger partial charge in [0.05, 0.1) is 12.1 Å². The Hall–Kier alpha value is -3.49. The van der Waals surface area contributed by atoms with Crippen molar-refractivity contribution in [2.45, 2.75) is 26.1 Å². The number of hydroxylamine groups is 1. The Kier molecular flexibility index (Phi) is 6.29. The molecule has 0 aliphatic heterocycles. The highest BCUT2D eigenvalue weighted by Gasteiger charge is 2.30. The van der Waals surface area contributed by atoms with Crippen molar-refractivity contribution < 1.29 is 24.6 Å². The minimum absolute atomic E-state index is 0.341. The highest BCUT2D eigenvalue weighted by molar-refractivity contribution is 5.95. The van der Waals surface area contributed by atoms with E-state index in [1.165, 1.54) is 12.4 Å². The molecular weight excluding hydrogens is 386 g/mol. The van der Waals surface area contributed by atoms with Gasteiger partial charge in [-0.05, 0) is 50.2 Å². The zero-order chi connectivity index (χ0) is 21.7. The quantitative estimate of drug-likeness (QED) is 0.350. The average Bonchev–Trinajstić information content (AvgIpc) is 2.75. The molecule has 0 aliphatic rings. The Bertz CT molecular complexity index is 1060. The number of carbonyl (C=O) groups is 2. The van der Waals surface area contributed by atoms with Crippen molar-refractivity contribution in [3.63, 3.8) is 0 Å². The standard InChI is InChI=1S/C22H23N3O5/c1-14-11-16(18-5-3-4-6-19(18)24-14)12-30-17-9-7-15(8-10-17)20(26)23-13-22(2,28)21(27)25-29/h3-11,28-29H,12-13H2,1-2H3,(H,23,26)(H,25,27). The van der Waals surface area contributed by atoms with Gasteiger partial charge >= 0.3 is 0 Å². The molecule has 156 valence electrons. The van der Waals surface area contributed by atoms with Crippen LogP contribution in [0.4, 0.5) is 0 Å². The van der Waals surface area contributed by atoms with Crippen LogP contribution in [0.5, 0.6) is 5.75 Å². The molecule has 2 aromatic carbocycles. The molecule has 1 aromatic heterocycles. The smallest absolute Gasteiger partial charge is 0.276 e. The molecule has 8 nitrogen and oxygen atoms in total. The van der Waals surface area contributed by atoms with Crippen LogP contribution in [-0.2, 0) is 11.4 Å². The maximum absolute atomic E-state index is 12.2. The first-order chi connectivity index (χ1) is 14.3. The van der Waals surface area contributed by atoms with Gasteiger partial charge in [-0.25, -0.2) is 5.48 Å². The third-order valence-electron chi connectivity index (χ3n) is 4.62. The van der Waals surface area contributed by atoms with Gasteiger partial charge in [0.1, 0.15) is 12.4 Å². The second kappa shape index (κ2) is 8.89. The van der Waals surface area contributed by atoms with Crippen LogP contribution >= 0.6 is 0 Å². The van der Waals surface area contributed by atoms with E-state index in [9.17, 15) is 14.7 Å². The SMILES string of the molecule is Cc1cc(COc2ccc(C(=O)NCC(C)(O)C(=O)NO)cc2)c2ccccc2n1. The van der Waals surface area contributed by atoms with Gasteiger partial charge in [0.15, 0.2) is 5.60 Å². The first kappa shape index (κ1) is 21.2. The summed E-state index contributed by atoms with van der Waals surface area (Å²) >= 11 is 0. The van der Waals surface area contributed by atoms with E-state index in [0.29, 0.717) is 17.9 Å². The van der Waals surface area contributed by atoms with Crippen molar-refractivity contribution in [2.75, 3.05) is 6.54 Å². The number of carbonyl (C=O) groups excluding carboxylic acids is 2. The van der Waals surface area contributed by atoms with Crippen molar-refractivity contribution in [1.29, 1.82) is 0 Å². The Balaban J connectivity index is 1.63. The third kappa shape index (κ3) is 4.91. The number of para-hydroxylation sites is 1. The Labute approximate surface area is 173 Å². The number of rotatable bonds is 7. The van der Waals surface area contributed by atoms with Gasteiger partial charge < -0.3 is 15.2 Å². The number of fused-ring (bicyclic) bond motifs is 1. The fraction of sp³-hybridized carbons (Fsp3) is 0.227. The molecule has 4 N–H and O–H groups in total. The maximum atomic E-state index is 12.2. The van der Waals surface area contributed by atoms with Gasteiger partial charge in [0.25, 0.3) is 11.8 Å². The number of pyridine rings is 1. The molecule has 0 radical (unpaired) electrons. The molecule has 2 amide bonds. The van der Waals surface area contributed by atoms with E-state index in [0.717, 1.165) is 22.2 Å². The number of aromatic nitrogens is 1. The molecule has 0 saturated carbocycles. The molecule has 0 fully saturated rings. The van der Waals surface area contributed by atoms with Crippen LogP contribution in [0.2, 0.25) is 0 Å². The monoisotopic (exact) mass is 409 g/mol. The Morgan fingerprint density at radius 1 is 1.13 bits per heavy atom. The van der Waals surface area contributed by atoms with Crippen LogP contribution in [-0.4, -0.2) is 39.3 Å². The molecule has 3 rings (SSSR count). The molecule has 30 heavy (non-hydrogen) atoms. The lowest BCUT2D eigenvalue weighted by atomic mass is 10.1. The fourth-order valence-corrected chi connectivity index (χ4v) is 2.93. The van der Waals surface area contributed by atoms with Gasteiger partial charge in [-0.1, -0.05) is 18.2 Å². The van der Waals surface area contributed by atoms with E-state index in [-0.39, 0.29) is 6.54 Å². The van der Waals surface area contributed by atoms with E-state index >= 15 is 0 Å². The summed E-state index contributed by atoms with van der Waals surface area (Å²) in [5.74, 6) is -0.884. The first-order valence-corrected chi connectivity index (χ1v) is 9.33. The molecule has 0 bridgehead atoms. The molecule has 3 aromatic rings. The summed E-state index contributed by atoms with van der Waals surface area (Å²) in [7, 11) is 0. The number of benzene rings is 2. The summed E-state index contributed by atoms with van der Waals surface area (Å²) < 4.78 is 5.87. The number of ether oxygens (including phenoxy) is 1. The highest BCUT2D eigenvalue weighted by Crippen LogP contribution is 2.21. The summed E-state index contributed by atoms with van der Waals surface area (Å²) in [6.07, 6.45) is 0. The van der Waals surface area contributed by atoms with Crippen molar-refractivity contribution in [3.05, 3.63) is 71.4 Å². The van der Waals surface area contributed by atoms with Crippen molar-refractivity contribution in [2.24, 2.45) is 0 Å². The van der Waals surface area contributed by atoms with E-state index in [2.05, 4.69) is 10.3 Å². The van der Waals surface area contributed by atoms with Gasteiger partial charge in [-0.15, -0.1) is 0 Å². The average molecular weight is 409 g/mol. The number of nitrogens with zero attached hydrogens (tertiary/aromatic N) is 1. The molecular formula is C22H23N3O5. The summed E-state index contributed by atoms with van der Waals surface area (Å²) in [6.45, 7) is 3.12. The van der Waals surface area contributed by atoms with Gasteiger partial charge in [0.2, 0.25) is 0 Å². The summed E-state index contributed by atoms with van der Waals surface area (Å²) in [6, 6.07) is 16.4. The van der Waals surface area contributed by atoms with Crippen LogP contribution in [0, 0.1) is 6.92 Å². The summed E-state index contributed by atoms with van der Waals surface area (Å²) in [5, 5.41) is 22.0. The summed E-state index contributed by atoms with van der Waals surface area (Å²) in [5.41, 5.74) is 2.60. The van der Waals surface area contributed by atoms with Crippen molar-refractivity contribution in [3.8, 4) is 5.75 Å². The maximum Gasteiger partial charge on any atom is 0.276 e. The zero-order valence-corrected chi connectivity index (χ0v) is 16.7. The Morgan fingerprint density at radius 2 is 1.83 bits per heavy atom. The summed E-state index contributed by atoms with van der Waals surface area (Å²) in [4.78, 5) is 28.1. The minimum atomic E-state index is -1.93. The van der Waals surface area contributed by atoms with E-state index in [4.69, 9.17) is 9.94 Å². The second-order valence-corrected chi connectivity index (χ2v) is 7.15. The second-order valence-electron chi connectivity index (χ2n) is 7.15. The number of aryl methyl sites for hydroxylation is 1. The van der Waals surface area contributed by atoms with Crippen LogP contribution in [0.3, 0.4) is 0 Å². The third-order valence-corrected chi connectivity index (χ3v) is 4.62. The predicted molar refractivity (Wildman–Crippen MR) is 110 cm³/mol. The molecule has 1 unspecified atom stereocenters. The molecule has 1 atom stereocenters. The van der Waals surface area contributed by atoms with Gasteiger partial charge in [-0.2, -0.15) is 0 Å². The lowest BCUT2D eigenvalue weighted by molar-refractivity contribution is -0.146. The molecule has 0 saturated heterocycles. The minimum Gasteiger partial charge on any atom is -0.489 e. The lowest BCUT2D eigenvalue weighted by Gasteiger charge is -2.20. The predicted octanol–water partition coefficient (Wildman–Crippen LogP) is 2.11. The Morgan fingerprint density at radius 3 is 2.53 bits per heavy atom. The highest BCUT2D eigenvalue weighted by atomic mass is 16.5. The van der Waals surface area contributed by atoms with E-state index < -0.39 is 17.4 Å². The zero-order valence-electron chi connectivity index (χ0n) is 16.7. The molecule has 1 heterocycles. The van der Waals surface area contributed by atoms with Crippen molar-refractivity contribution >= 4 is 22.7 Å². The largest absolute Gasteiger partial charge is 0.489 e. The van der Waals surface area contributed by atoms with Gasteiger partial charge in [-0.3, -0.25) is 19.8 Å². The van der Waals surface area contributed by atoms with Crippen LogP contribution < -0.4 is 15.5 Å². The first-order valence-electron chi connectivity index (χ1n) is 9.33. The topological polar surface area (TPSA) is 121 Å². The van der Waals surface area contributed by atoms with Crippen LogP contribution in [0.15, 0.2) is 54.6 Å². The lowest BCUT2D eigenvalue weighted by Crippen LogP contribution is -2.51. The van der Waals surface area contributed by atoms with Crippen molar-refractivity contribution in [1.82, 2.24) is 15.8 Å². The molecule has 8 heteroatoms. The van der Waals surface area contributed by atoms with E-state index in [1.807, 2.05) is 37.3 Å². The van der Waals surface area contributed by atoms with Crippen LogP contribution in [0.1, 0.15) is 28.5 Å². The normalized spacial score (nSPS) is 12.8. The van der Waals surface area contributed by atoms with Gasteiger partial charge in [0, 0.05) is 22.2 Å². The number of aliphatic hydroxyl groups is 1.